The monoisotopic (exact) mass is 737 g/mol. The number of nitrogens with zero attached hydrogens (tertiary/aromatic N) is 1. The van der Waals surface area contributed by atoms with Gasteiger partial charge in [0.2, 0.25) is 0 Å². The molecule has 0 rings (SSSR count). The second-order valence-corrected chi connectivity index (χ2v) is 15.6. The largest absolute Gasteiger partial charge is 0.477 e. The molecule has 0 saturated carbocycles. The van der Waals surface area contributed by atoms with Crippen LogP contribution >= 0.6 is 0 Å². The van der Waals surface area contributed by atoms with Gasteiger partial charge >= 0.3 is 17.9 Å². The molecular formula is C44H82NO7+. The number of carbonyl (C=O) groups excluding carboxylic acids is 2. The molecule has 0 aliphatic rings. The molecule has 8 heteroatoms. The van der Waals surface area contributed by atoms with Gasteiger partial charge in [-0.1, -0.05) is 147 Å². The number of unbranched alkanes of at least 4 members (excludes halogenated alkanes) is 20. The van der Waals surface area contributed by atoms with Gasteiger partial charge in [-0.3, -0.25) is 9.59 Å². The van der Waals surface area contributed by atoms with Crippen LogP contribution in [0.3, 0.4) is 0 Å². The van der Waals surface area contributed by atoms with Gasteiger partial charge in [0.05, 0.1) is 34.4 Å². The van der Waals surface area contributed by atoms with Crippen LogP contribution in [0.2, 0.25) is 0 Å². The quantitative estimate of drug-likeness (QED) is 0.0291. The Bertz CT molecular complexity index is 911. The lowest BCUT2D eigenvalue weighted by Crippen LogP contribution is -2.50. The van der Waals surface area contributed by atoms with Crippen LogP contribution in [0.25, 0.3) is 0 Å². The van der Waals surface area contributed by atoms with Gasteiger partial charge in [-0.15, -0.1) is 0 Å². The number of hydrogen-bond donors (Lipinski definition) is 1. The third-order valence-electron chi connectivity index (χ3n) is 9.60. The maximum atomic E-state index is 12.7. The summed E-state index contributed by atoms with van der Waals surface area (Å²) in [6, 6.07) is -0.613. The van der Waals surface area contributed by atoms with Crippen LogP contribution in [0.1, 0.15) is 187 Å². The predicted molar refractivity (Wildman–Crippen MR) is 215 cm³/mol. The van der Waals surface area contributed by atoms with Crippen molar-refractivity contribution in [3.63, 3.8) is 0 Å². The number of carboxylic acids is 1. The molecular weight excluding hydrogens is 654 g/mol. The smallest absolute Gasteiger partial charge is 0.362 e. The van der Waals surface area contributed by atoms with E-state index in [1.807, 2.05) is 21.1 Å². The molecule has 304 valence electrons. The second-order valence-electron chi connectivity index (χ2n) is 15.6. The number of hydrogen-bond acceptors (Lipinski definition) is 6. The zero-order valence-electron chi connectivity index (χ0n) is 34.5. The minimum Gasteiger partial charge on any atom is -0.477 e. The van der Waals surface area contributed by atoms with Gasteiger partial charge < -0.3 is 23.8 Å². The summed E-state index contributed by atoms with van der Waals surface area (Å²) in [7, 11) is 5.52. The lowest BCUT2D eigenvalue weighted by atomic mass is 10.0. The molecule has 8 nitrogen and oxygen atoms in total. The fourth-order valence-electron chi connectivity index (χ4n) is 6.24. The van der Waals surface area contributed by atoms with E-state index >= 15 is 0 Å². The van der Waals surface area contributed by atoms with Gasteiger partial charge in [-0.25, -0.2) is 4.79 Å². The highest BCUT2D eigenvalue weighted by Gasteiger charge is 2.31. The Morgan fingerprint density at radius 3 is 1.52 bits per heavy atom. The normalized spacial score (nSPS) is 13.2. The summed E-state index contributed by atoms with van der Waals surface area (Å²) in [5.74, 6) is -1.48. The van der Waals surface area contributed by atoms with Crippen molar-refractivity contribution in [1.82, 2.24) is 0 Å². The minimum absolute atomic E-state index is 0.0527. The van der Waals surface area contributed by atoms with E-state index in [-0.39, 0.29) is 36.2 Å². The lowest BCUT2D eigenvalue weighted by molar-refractivity contribution is -0.887. The molecule has 0 spiro atoms. The minimum atomic E-state index is -0.876. The maximum Gasteiger partial charge on any atom is 0.362 e. The molecule has 1 N–H and O–H groups in total. The highest BCUT2D eigenvalue weighted by molar-refractivity contribution is 5.72. The predicted octanol–water partition coefficient (Wildman–Crippen LogP) is 11.3. The second kappa shape index (κ2) is 35.8. The first-order chi connectivity index (χ1) is 25.1. The van der Waals surface area contributed by atoms with Gasteiger partial charge in [-0.2, -0.15) is 0 Å². The molecule has 0 saturated heterocycles. The topological polar surface area (TPSA) is 99.1 Å². The van der Waals surface area contributed by atoms with Gasteiger partial charge in [0.25, 0.3) is 0 Å². The molecule has 52 heavy (non-hydrogen) atoms. The number of aliphatic carboxylic acids is 1. The summed E-state index contributed by atoms with van der Waals surface area (Å²) in [5.41, 5.74) is 0. The van der Waals surface area contributed by atoms with Gasteiger partial charge in [-0.05, 0) is 44.9 Å². The lowest BCUT2D eigenvalue weighted by Gasteiger charge is -2.31. The van der Waals surface area contributed by atoms with Crippen molar-refractivity contribution in [2.75, 3.05) is 41.0 Å². The first-order valence-corrected chi connectivity index (χ1v) is 21.4. The molecule has 0 aromatic carbocycles. The van der Waals surface area contributed by atoms with Crippen LogP contribution in [0.5, 0.6) is 0 Å². The highest BCUT2D eigenvalue weighted by Crippen LogP contribution is 2.14. The average molecular weight is 737 g/mol. The summed E-state index contributed by atoms with van der Waals surface area (Å²) in [4.78, 5) is 36.9. The van der Waals surface area contributed by atoms with E-state index in [9.17, 15) is 19.5 Å². The van der Waals surface area contributed by atoms with Crippen molar-refractivity contribution in [2.45, 2.75) is 199 Å². The van der Waals surface area contributed by atoms with Crippen LogP contribution in [-0.4, -0.2) is 80.6 Å². The molecule has 2 atom stereocenters. The molecule has 0 amide bonds. The zero-order chi connectivity index (χ0) is 38.5. The number of esters is 2. The average Bonchev–Trinajstić information content (AvgIpc) is 3.09. The third-order valence-corrected chi connectivity index (χ3v) is 9.60. The van der Waals surface area contributed by atoms with Crippen molar-refractivity contribution in [2.24, 2.45) is 0 Å². The number of quaternary nitrogens is 1. The van der Waals surface area contributed by atoms with Crippen molar-refractivity contribution in [3.8, 4) is 0 Å². The Balaban J connectivity index is 4.38. The molecule has 1 unspecified atom stereocenters. The van der Waals surface area contributed by atoms with E-state index in [0.717, 1.165) is 64.2 Å². The van der Waals surface area contributed by atoms with Gasteiger partial charge in [0.1, 0.15) is 6.61 Å². The summed E-state index contributed by atoms with van der Waals surface area (Å²) < 4.78 is 17.2. The third kappa shape index (κ3) is 33.6. The van der Waals surface area contributed by atoms with Crippen LogP contribution in [0.15, 0.2) is 24.3 Å². The SMILES string of the molecule is CCCCC/C=C\C/C=C\CCCCCCCC(=O)OC(COCC[C@@H](C(=O)O)[N+](C)(C)C)COC(=O)CCCCCCCCCCCCCCC. The van der Waals surface area contributed by atoms with E-state index in [1.165, 1.54) is 89.9 Å². The van der Waals surface area contributed by atoms with E-state index in [2.05, 4.69) is 38.2 Å². The van der Waals surface area contributed by atoms with Crippen LogP contribution < -0.4 is 0 Å². The molecule has 0 aliphatic heterocycles. The molecule has 0 aromatic heterocycles. The van der Waals surface area contributed by atoms with Crippen molar-refractivity contribution in [3.05, 3.63) is 24.3 Å². The van der Waals surface area contributed by atoms with Crippen molar-refractivity contribution < 1.29 is 38.2 Å². The standard InChI is InChI=1S/C44H81NO7/c1-6-8-10-12-14-16-18-20-21-23-25-27-29-31-33-35-43(47)52-40(38-50-37-36-41(44(48)49)45(3,4)5)39-51-42(46)34-32-30-28-26-24-22-19-17-15-13-11-9-7-2/h14,16,20-21,40-41H,6-13,15,17-19,22-39H2,1-5H3/p+1/b16-14-,21-20-/t40?,41-/m0/s1. The molecule has 0 radical (unpaired) electrons. The first kappa shape index (κ1) is 49.8. The number of carbonyl (C=O) groups is 3. The summed E-state index contributed by atoms with van der Waals surface area (Å²) >= 11 is 0. The Labute approximate surface area is 320 Å². The van der Waals surface area contributed by atoms with E-state index in [4.69, 9.17) is 14.2 Å². The van der Waals surface area contributed by atoms with E-state index < -0.39 is 18.1 Å². The Hall–Kier alpha value is -2.19. The van der Waals surface area contributed by atoms with Crippen molar-refractivity contribution in [1.29, 1.82) is 0 Å². The summed E-state index contributed by atoms with van der Waals surface area (Å²) in [6.07, 6.45) is 37.8. The Morgan fingerprint density at radius 1 is 0.577 bits per heavy atom. The fraction of sp³-hybridized carbons (Fsp3) is 0.841. The number of carboxylic acid groups (broad SMARTS) is 1. The highest BCUT2D eigenvalue weighted by atomic mass is 16.6. The molecule has 0 heterocycles. The number of rotatable bonds is 38. The van der Waals surface area contributed by atoms with Crippen LogP contribution in [0, 0.1) is 0 Å². The molecule has 0 bridgehead atoms. The number of ether oxygens (including phenoxy) is 3. The van der Waals surface area contributed by atoms with Gasteiger partial charge in [0, 0.05) is 19.3 Å². The van der Waals surface area contributed by atoms with E-state index in [1.54, 1.807) is 0 Å². The Morgan fingerprint density at radius 2 is 1.02 bits per heavy atom. The molecule has 0 aliphatic carbocycles. The number of allylic oxidation sites excluding steroid dienone is 4. The maximum absolute atomic E-state index is 12.7. The fourth-order valence-corrected chi connectivity index (χ4v) is 6.24. The molecule has 0 fully saturated rings. The number of likely N-dealkylation sites (N-methyl/N-ethyl adjacent to an activating group) is 1. The summed E-state index contributed by atoms with van der Waals surface area (Å²) in [5, 5.41) is 9.60. The van der Waals surface area contributed by atoms with Crippen LogP contribution in [-0.2, 0) is 28.6 Å². The van der Waals surface area contributed by atoms with Gasteiger partial charge in [0.15, 0.2) is 12.1 Å². The molecule has 0 aromatic rings. The van der Waals surface area contributed by atoms with Crippen molar-refractivity contribution >= 4 is 17.9 Å². The Kier molecular flexibility index (Phi) is 34.3. The zero-order valence-corrected chi connectivity index (χ0v) is 34.5. The summed E-state index contributed by atoms with van der Waals surface area (Å²) in [6.45, 7) is 4.70. The van der Waals surface area contributed by atoms with E-state index in [0.29, 0.717) is 19.3 Å². The van der Waals surface area contributed by atoms with Crippen LogP contribution in [0.4, 0.5) is 0 Å². The first-order valence-electron chi connectivity index (χ1n) is 21.4.